The number of hydrogen-bond donors (Lipinski definition) is 2. The lowest BCUT2D eigenvalue weighted by Gasteiger charge is -2.35. The lowest BCUT2D eigenvalue weighted by atomic mass is 9.84. The zero-order valence-corrected chi connectivity index (χ0v) is 13.3. The maximum absolute atomic E-state index is 12.8. The molecule has 0 aromatic carbocycles. The molecule has 3 N–H and O–H groups in total. The topological polar surface area (TPSA) is 78.9 Å². The lowest BCUT2D eigenvalue weighted by Crippen LogP contribution is -2.51. The number of hydrogen-bond acceptors (Lipinski definition) is 4. The van der Waals surface area contributed by atoms with Crippen molar-refractivity contribution in [2.45, 2.75) is 46.7 Å². The quantitative estimate of drug-likeness (QED) is 0.367. The molecule has 0 radical (unpaired) electrons. The first-order valence-electron chi connectivity index (χ1n) is 6.68. The van der Waals surface area contributed by atoms with E-state index in [2.05, 4.69) is 5.16 Å². The van der Waals surface area contributed by atoms with Crippen LogP contribution in [0.2, 0.25) is 0 Å². The van der Waals surface area contributed by atoms with Crippen LogP contribution < -0.4 is 5.73 Å². The summed E-state index contributed by atoms with van der Waals surface area (Å²) < 4.78 is 0. The van der Waals surface area contributed by atoms with E-state index in [0.29, 0.717) is 13.0 Å². The molecule has 20 heavy (non-hydrogen) atoms. The molecule has 1 heterocycles. The number of thiophene rings is 1. The summed E-state index contributed by atoms with van der Waals surface area (Å²) in [5, 5.41) is 13.9. The van der Waals surface area contributed by atoms with Crippen LogP contribution in [0.4, 0.5) is 0 Å². The van der Waals surface area contributed by atoms with Crippen molar-refractivity contribution in [3.05, 3.63) is 22.4 Å². The number of amides is 1. The maximum atomic E-state index is 12.8. The fourth-order valence-corrected chi connectivity index (χ4v) is 2.63. The number of amidine groups is 1. The van der Waals surface area contributed by atoms with Gasteiger partial charge in [-0.1, -0.05) is 18.1 Å². The number of carbonyl (C=O) groups is 1. The molecule has 6 heteroatoms. The summed E-state index contributed by atoms with van der Waals surface area (Å²) in [7, 11) is 0. The SMILES string of the molecule is CCC(C)(C(=O)N(Cc1cccs1)C(C)C)/C(N)=N/O. The largest absolute Gasteiger partial charge is 0.409 e. The minimum absolute atomic E-state index is 0.0400. The third-order valence-corrected chi connectivity index (χ3v) is 4.50. The van der Waals surface area contributed by atoms with Crippen molar-refractivity contribution in [3.63, 3.8) is 0 Å². The molecular weight excluding hydrogens is 274 g/mol. The zero-order valence-electron chi connectivity index (χ0n) is 12.5. The normalized spacial score (nSPS) is 15.2. The van der Waals surface area contributed by atoms with Gasteiger partial charge in [0.25, 0.3) is 0 Å². The van der Waals surface area contributed by atoms with Gasteiger partial charge >= 0.3 is 0 Å². The number of carbonyl (C=O) groups excluding carboxylic acids is 1. The molecule has 1 amide bonds. The average Bonchev–Trinajstić information content (AvgIpc) is 2.94. The first-order chi connectivity index (χ1) is 9.36. The van der Waals surface area contributed by atoms with Crippen molar-refractivity contribution in [1.82, 2.24) is 4.90 Å². The van der Waals surface area contributed by atoms with Crippen molar-refractivity contribution >= 4 is 23.1 Å². The van der Waals surface area contributed by atoms with Crippen molar-refractivity contribution in [2.24, 2.45) is 16.3 Å². The van der Waals surface area contributed by atoms with Gasteiger partial charge in [0, 0.05) is 10.9 Å². The Morgan fingerprint density at radius 2 is 2.25 bits per heavy atom. The number of rotatable bonds is 6. The molecule has 0 aliphatic carbocycles. The van der Waals surface area contributed by atoms with Crippen LogP contribution in [-0.4, -0.2) is 27.9 Å². The fraction of sp³-hybridized carbons (Fsp3) is 0.571. The number of nitrogens with two attached hydrogens (primary N) is 1. The Hall–Kier alpha value is -1.56. The van der Waals surface area contributed by atoms with Gasteiger partial charge in [-0.25, -0.2) is 0 Å². The molecule has 1 aromatic rings. The second-order valence-corrected chi connectivity index (χ2v) is 6.31. The molecule has 1 aromatic heterocycles. The molecule has 1 rings (SSSR count). The Morgan fingerprint density at radius 1 is 1.60 bits per heavy atom. The predicted molar refractivity (Wildman–Crippen MR) is 81.8 cm³/mol. The highest BCUT2D eigenvalue weighted by molar-refractivity contribution is 7.09. The fourth-order valence-electron chi connectivity index (χ4n) is 1.93. The second-order valence-electron chi connectivity index (χ2n) is 5.28. The monoisotopic (exact) mass is 297 g/mol. The summed E-state index contributed by atoms with van der Waals surface area (Å²) in [5.41, 5.74) is 4.75. The summed E-state index contributed by atoms with van der Waals surface area (Å²) in [5.74, 6) is -0.152. The first kappa shape index (κ1) is 16.5. The van der Waals surface area contributed by atoms with Crippen LogP contribution in [0.1, 0.15) is 39.0 Å². The Balaban J connectivity index is 3.04. The molecule has 112 valence electrons. The van der Waals surface area contributed by atoms with Crippen LogP contribution in [-0.2, 0) is 11.3 Å². The van der Waals surface area contributed by atoms with Crippen molar-refractivity contribution in [1.29, 1.82) is 0 Å². The Morgan fingerprint density at radius 3 is 2.65 bits per heavy atom. The number of nitrogens with zero attached hydrogens (tertiary/aromatic N) is 2. The minimum atomic E-state index is -0.976. The van der Waals surface area contributed by atoms with Gasteiger partial charge in [0.15, 0.2) is 5.84 Å². The Bertz CT molecular complexity index is 471. The van der Waals surface area contributed by atoms with E-state index in [1.54, 1.807) is 23.2 Å². The van der Waals surface area contributed by atoms with Gasteiger partial charge in [-0.3, -0.25) is 4.79 Å². The van der Waals surface area contributed by atoms with Gasteiger partial charge in [0.1, 0.15) is 5.41 Å². The smallest absolute Gasteiger partial charge is 0.236 e. The van der Waals surface area contributed by atoms with Crippen LogP contribution in [0.5, 0.6) is 0 Å². The van der Waals surface area contributed by atoms with E-state index in [9.17, 15) is 4.79 Å². The molecule has 0 bridgehead atoms. The van der Waals surface area contributed by atoms with Crippen LogP contribution in [0.25, 0.3) is 0 Å². The molecule has 0 aliphatic heterocycles. The van der Waals surface area contributed by atoms with E-state index in [1.807, 2.05) is 38.3 Å². The van der Waals surface area contributed by atoms with E-state index >= 15 is 0 Å². The summed E-state index contributed by atoms with van der Waals surface area (Å²) in [6, 6.07) is 4.01. The molecule has 0 saturated carbocycles. The second kappa shape index (κ2) is 6.74. The highest BCUT2D eigenvalue weighted by atomic mass is 32.1. The summed E-state index contributed by atoms with van der Waals surface area (Å²) >= 11 is 1.61. The van der Waals surface area contributed by atoms with Crippen LogP contribution >= 0.6 is 11.3 Å². The van der Waals surface area contributed by atoms with Crippen LogP contribution in [0.15, 0.2) is 22.7 Å². The molecule has 1 unspecified atom stereocenters. The summed E-state index contributed by atoms with van der Waals surface area (Å²) in [4.78, 5) is 15.7. The molecule has 0 saturated heterocycles. The van der Waals surface area contributed by atoms with Crippen LogP contribution in [0.3, 0.4) is 0 Å². The molecule has 1 atom stereocenters. The van der Waals surface area contributed by atoms with E-state index in [4.69, 9.17) is 10.9 Å². The first-order valence-corrected chi connectivity index (χ1v) is 7.56. The Kier molecular flexibility index (Phi) is 5.56. The molecule has 0 aliphatic rings. The molecule has 5 nitrogen and oxygen atoms in total. The standard InChI is InChI=1S/C14H23N3O2S/c1-5-14(4,12(15)16-19)13(18)17(10(2)3)9-11-7-6-8-20-11/h6-8,10,19H,5,9H2,1-4H3,(H2,15,16). The Labute approximate surface area is 124 Å². The van der Waals surface area contributed by atoms with Gasteiger partial charge < -0.3 is 15.8 Å². The molecule has 0 fully saturated rings. The highest BCUT2D eigenvalue weighted by Crippen LogP contribution is 2.27. The summed E-state index contributed by atoms with van der Waals surface area (Å²) in [6.45, 7) is 8.05. The van der Waals surface area contributed by atoms with Gasteiger partial charge in [0.2, 0.25) is 5.91 Å². The van der Waals surface area contributed by atoms with Gasteiger partial charge in [-0.15, -0.1) is 11.3 Å². The van der Waals surface area contributed by atoms with Gasteiger partial charge in [-0.2, -0.15) is 0 Å². The average molecular weight is 297 g/mol. The van der Waals surface area contributed by atoms with Gasteiger partial charge in [0.05, 0.1) is 6.54 Å². The zero-order chi connectivity index (χ0) is 15.3. The number of oxime groups is 1. The molecule has 0 spiro atoms. The van der Waals surface area contributed by atoms with Crippen molar-refractivity contribution in [3.8, 4) is 0 Å². The summed E-state index contributed by atoms with van der Waals surface area (Å²) in [6.07, 6.45) is 0.482. The molecular formula is C14H23N3O2S. The van der Waals surface area contributed by atoms with E-state index < -0.39 is 5.41 Å². The van der Waals surface area contributed by atoms with Gasteiger partial charge in [-0.05, 0) is 38.6 Å². The maximum Gasteiger partial charge on any atom is 0.236 e. The highest BCUT2D eigenvalue weighted by Gasteiger charge is 2.40. The van der Waals surface area contributed by atoms with E-state index in [-0.39, 0.29) is 17.8 Å². The predicted octanol–water partition coefficient (Wildman–Crippen LogP) is 2.65. The minimum Gasteiger partial charge on any atom is -0.409 e. The third kappa shape index (κ3) is 3.30. The van der Waals surface area contributed by atoms with Crippen molar-refractivity contribution in [2.75, 3.05) is 0 Å². The van der Waals surface area contributed by atoms with E-state index in [1.165, 1.54) is 0 Å². The van der Waals surface area contributed by atoms with Crippen LogP contribution in [0, 0.1) is 5.41 Å². The third-order valence-electron chi connectivity index (χ3n) is 3.64. The lowest BCUT2D eigenvalue weighted by molar-refractivity contribution is -0.140. The van der Waals surface area contributed by atoms with Crippen molar-refractivity contribution < 1.29 is 10.0 Å². The van der Waals surface area contributed by atoms with E-state index in [0.717, 1.165) is 4.88 Å².